The van der Waals surface area contributed by atoms with Crippen molar-refractivity contribution in [2.45, 2.75) is 45.6 Å². The summed E-state index contributed by atoms with van der Waals surface area (Å²) in [5.74, 6) is 0.645. The first-order chi connectivity index (χ1) is 13.5. The molecule has 146 valence electrons. The van der Waals surface area contributed by atoms with Crippen LogP contribution in [-0.2, 0) is 0 Å². The van der Waals surface area contributed by atoms with Crippen molar-refractivity contribution in [3.8, 4) is 5.88 Å². The predicted octanol–water partition coefficient (Wildman–Crippen LogP) is 3.13. The first-order valence-corrected chi connectivity index (χ1v) is 9.51. The first-order valence-electron chi connectivity index (χ1n) is 9.51. The molecule has 1 amide bonds. The molecule has 1 fully saturated rings. The van der Waals surface area contributed by atoms with E-state index < -0.39 is 0 Å². The highest BCUT2D eigenvalue weighted by Gasteiger charge is 2.28. The lowest BCUT2D eigenvalue weighted by atomic mass is 10.0. The van der Waals surface area contributed by atoms with Crippen molar-refractivity contribution in [2.75, 3.05) is 13.1 Å². The summed E-state index contributed by atoms with van der Waals surface area (Å²) in [6.45, 7) is 7.15. The zero-order chi connectivity index (χ0) is 19.7. The van der Waals surface area contributed by atoms with E-state index in [1.54, 1.807) is 18.6 Å². The van der Waals surface area contributed by atoms with E-state index in [2.05, 4.69) is 20.1 Å². The summed E-state index contributed by atoms with van der Waals surface area (Å²) in [5.41, 5.74) is 2.54. The quantitative estimate of drug-likeness (QED) is 0.685. The number of nitrogens with zero attached hydrogens (tertiary/aromatic N) is 5. The molecule has 0 unspecified atom stereocenters. The number of hydrogen-bond acceptors (Lipinski definition) is 7. The van der Waals surface area contributed by atoms with Gasteiger partial charge >= 0.3 is 0 Å². The molecule has 8 heteroatoms. The Morgan fingerprint density at radius 2 is 2.07 bits per heavy atom. The van der Waals surface area contributed by atoms with Crippen LogP contribution in [0.3, 0.4) is 0 Å². The van der Waals surface area contributed by atoms with Crippen LogP contribution in [0.15, 0.2) is 29.2 Å². The third-order valence-electron chi connectivity index (χ3n) is 4.93. The van der Waals surface area contributed by atoms with Crippen molar-refractivity contribution in [1.82, 2.24) is 25.0 Å². The number of hydrogen-bond donors (Lipinski definition) is 0. The molecule has 28 heavy (non-hydrogen) atoms. The minimum atomic E-state index is -0.0152. The highest BCUT2D eigenvalue weighted by molar-refractivity contribution is 6.06. The van der Waals surface area contributed by atoms with Gasteiger partial charge in [0.25, 0.3) is 11.6 Å². The lowest BCUT2D eigenvalue weighted by Gasteiger charge is -2.32. The van der Waals surface area contributed by atoms with Crippen molar-refractivity contribution < 1.29 is 14.1 Å². The zero-order valence-electron chi connectivity index (χ0n) is 16.3. The molecule has 0 bridgehead atoms. The molecule has 0 spiro atoms. The summed E-state index contributed by atoms with van der Waals surface area (Å²) in [4.78, 5) is 27.7. The summed E-state index contributed by atoms with van der Waals surface area (Å²) in [6.07, 6.45) is 6.35. The number of pyridine rings is 1. The number of amides is 1. The smallest absolute Gasteiger partial charge is 0.259 e. The number of likely N-dealkylation sites (tertiary alicyclic amines) is 1. The Hall–Kier alpha value is -3.03. The first kappa shape index (κ1) is 18.3. The molecular formula is C20H23N5O3. The second-order valence-corrected chi connectivity index (χ2v) is 7.37. The average Bonchev–Trinajstić information content (AvgIpc) is 3.12. The van der Waals surface area contributed by atoms with E-state index in [-0.39, 0.29) is 17.9 Å². The summed E-state index contributed by atoms with van der Waals surface area (Å²) in [6, 6.07) is 1.83. The SMILES string of the molecule is Cc1cc(C(=O)N2CCC(Oc3cnccn3)CC2)c2c(C(C)C)noc2n1. The number of piperidine rings is 1. The Balaban J connectivity index is 1.52. The standard InChI is InChI=1S/C20H23N5O3/c1-12(2)18-17-15(10-13(3)23-19(17)28-24-18)20(26)25-8-4-14(5-9-25)27-16-11-21-6-7-22-16/h6-7,10-12,14H,4-5,8-9H2,1-3H3. The fourth-order valence-electron chi connectivity index (χ4n) is 3.52. The number of ether oxygens (including phenoxy) is 1. The van der Waals surface area contributed by atoms with Crippen molar-refractivity contribution in [3.05, 3.63) is 41.6 Å². The molecule has 4 rings (SSSR count). The molecule has 4 heterocycles. The molecule has 0 radical (unpaired) electrons. The predicted molar refractivity (Wildman–Crippen MR) is 102 cm³/mol. The molecule has 0 N–H and O–H groups in total. The lowest BCUT2D eigenvalue weighted by molar-refractivity contribution is 0.0588. The second-order valence-electron chi connectivity index (χ2n) is 7.37. The molecular weight excluding hydrogens is 358 g/mol. The minimum absolute atomic E-state index is 0.0152. The van der Waals surface area contributed by atoms with Gasteiger partial charge in [-0.1, -0.05) is 19.0 Å². The topological polar surface area (TPSA) is 94.2 Å². The molecule has 0 aliphatic carbocycles. The van der Waals surface area contributed by atoms with Crippen LogP contribution in [-0.4, -0.2) is 50.1 Å². The van der Waals surface area contributed by atoms with Gasteiger partial charge in [-0.3, -0.25) is 9.78 Å². The van der Waals surface area contributed by atoms with E-state index in [0.29, 0.717) is 30.2 Å². The van der Waals surface area contributed by atoms with E-state index >= 15 is 0 Å². The van der Waals surface area contributed by atoms with Crippen LogP contribution in [0.1, 0.15) is 54.4 Å². The minimum Gasteiger partial charge on any atom is -0.473 e. The van der Waals surface area contributed by atoms with Gasteiger partial charge in [0.1, 0.15) is 6.10 Å². The van der Waals surface area contributed by atoms with Gasteiger partial charge in [-0.15, -0.1) is 0 Å². The van der Waals surface area contributed by atoms with Crippen LogP contribution in [0.25, 0.3) is 11.1 Å². The van der Waals surface area contributed by atoms with Gasteiger partial charge in [-0.25, -0.2) is 9.97 Å². The Morgan fingerprint density at radius 3 is 2.75 bits per heavy atom. The van der Waals surface area contributed by atoms with Crippen LogP contribution in [0.5, 0.6) is 5.88 Å². The summed E-state index contributed by atoms with van der Waals surface area (Å²) in [7, 11) is 0. The number of fused-ring (bicyclic) bond motifs is 1. The molecule has 1 aliphatic heterocycles. The number of carbonyl (C=O) groups excluding carboxylic acids is 1. The van der Waals surface area contributed by atoms with Crippen molar-refractivity contribution in [2.24, 2.45) is 0 Å². The van der Waals surface area contributed by atoms with Crippen molar-refractivity contribution in [3.63, 3.8) is 0 Å². The van der Waals surface area contributed by atoms with Gasteiger partial charge < -0.3 is 14.2 Å². The zero-order valence-corrected chi connectivity index (χ0v) is 16.3. The van der Waals surface area contributed by atoms with Crippen LogP contribution >= 0.6 is 0 Å². The molecule has 1 saturated heterocycles. The van der Waals surface area contributed by atoms with Crippen LogP contribution < -0.4 is 4.74 Å². The molecule has 1 aliphatic rings. The van der Waals surface area contributed by atoms with Gasteiger partial charge in [-0.05, 0) is 18.9 Å². The Bertz CT molecular complexity index is 978. The van der Waals surface area contributed by atoms with E-state index in [1.807, 2.05) is 31.7 Å². The molecule has 0 atom stereocenters. The number of aromatic nitrogens is 4. The normalized spacial score (nSPS) is 15.4. The van der Waals surface area contributed by atoms with Gasteiger partial charge in [0.05, 0.1) is 22.8 Å². The Labute approximate surface area is 162 Å². The Kier molecular flexibility index (Phi) is 4.93. The summed E-state index contributed by atoms with van der Waals surface area (Å²) < 4.78 is 11.3. The van der Waals surface area contributed by atoms with E-state index in [1.165, 1.54) is 0 Å². The summed E-state index contributed by atoms with van der Waals surface area (Å²) >= 11 is 0. The molecule has 3 aromatic rings. The highest BCUT2D eigenvalue weighted by Crippen LogP contribution is 2.29. The van der Waals surface area contributed by atoms with E-state index in [4.69, 9.17) is 9.26 Å². The monoisotopic (exact) mass is 381 g/mol. The molecule has 0 saturated carbocycles. The van der Waals surface area contributed by atoms with Crippen LogP contribution in [0.2, 0.25) is 0 Å². The van der Waals surface area contributed by atoms with Gasteiger partial charge in [-0.2, -0.15) is 0 Å². The molecule has 8 nitrogen and oxygen atoms in total. The number of aryl methyl sites for hydroxylation is 1. The fourth-order valence-corrected chi connectivity index (χ4v) is 3.52. The van der Waals surface area contributed by atoms with Crippen LogP contribution in [0.4, 0.5) is 0 Å². The number of carbonyl (C=O) groups is 1. The van der Waals surface area contributed by atoms with E-state index in [9.17, 15) is 4.79 Å². The van der Waals surface area contributed by atoms with E-state index in [0.717, 1.165) is 29.6 Å². The third kappa shape index (κ3) is 3.54. The summed E-state index contributed by atoms with van der Waals surface area (Å²) in [5, 5.41) is 4.87. The molecule has 0 aromatic carbocycles. The Morgan fingerprint density at radius 1 is 1.29 bits per heavy atom. The third-order valence-corrected chi connectivity index (χ3v) is 4.93. The fraction of sp³-hybridized carbons (Fsp3) is 0.450. The van der Waals surface area contributed by atoms with Gasteiger partial charge in [0.2, 0.25) is 5.88 Å². The largest absolute Gasteiger partial charge is 0.473 e. The maximum atomic E-state index is 13.3. The van der Waals surface area contributed by atoms with Crippen LogP contribution in [0, 0.1) is 6.92 Å². The lowest BCUT2D eigenvalue weighted by Crippen LogP contribution is -2.42. The maximum absolute atomic E-state index is 13.3. The van der Waals surface area contributed by atoms with Crippen molar-refractivity contribution in [1.29, 1.82) is 0 Å². The maximum Gasteiger partial charge on any atom is 0.259 e. The number of rotatable bonds is 4. The highest BCUT2D eigenvalue weighted by atomic mass is 16.5. The van der Waals surface area contributed by atoms with Crippen molar-refractivity contribution >= 4 is 17.0 Å². The second kappa shape index (κ2) is 7.53. The van der Waals surface area contributed by atoms with Gasteiger partial charge in [0, 0.05) is 44.0 Å². The molecule has 3 aromatic heterocycles. The average molecular weight is 381 g/mol. The van der Waals surface area contributed by atoms with Gasteiger partial charge in [0.15, 0.2) is 0 Å².